The van der Waals surface area contributed by atoms with Crippen LogP contribution >= 0.6 is 0 Å². The number of rotatable bonds is 4. The Morgan fingerprint density at radius 3 is 2.58 bits per heavy atom. The minimum Gasteiger partial charge on any atom is -0.508 e. The number of hydrogen-bond acceptors (Lipinski definition) is 5. The average molecular weight is 320 g/mol. The third-order valence-electron chi connectivity index (χ3n) is 3.26. The Kier molecular flexibility index (Phi) is 4.38. The molecule has 0 aliphatic heterocycles. The number of hydrogen-bond donors (Lipinski definition) is 3. The highest BCUT2D eigenvalue weighted by molar-refractivity contribution is 5.89. The molecule has 6 heteroatoms. The molecule has 1 amide bonds. The van der Waals surface area contributed by atoms with E-state index in [1.54, 1.807) is 36.5 Å². The molecule has 0 fully saturated rings. The predicted molar refractivity (Wildman–Crippen MR) is 93.2 cm³/mol. The van der Waals surface area contributed by atoms with Crippen LogP contribution in [0.25, 0.3) is 11.3 Å². The molecule has 0 atom stereocenters. The minimum atomic E-state index is -0.121. The van der Waals surface area contributed by atoms with E-state index in [1.807, 2.05) is 24.3 Å². The van der Waals surface area contributed by atoms with Gasteiger partial charge in [-0.2, -0.15) is 0 Å². The number of aromatic hydroxyl groups is 1. The first-order valence-corrected chi connectivity index (χ1v) is 7.37. The molecule has 0 unspecified atom stereocenters. The molecule has 24 heavy (non-hydrogen) atoms. The number of carbonyl (C=O) groups excluding carboxylic acids is 1. The van der Waals surface area contributed by atoms with E-state index in [9.17, 15) is 9.90 Å². The van der Waals surface area contributed by atoms with Crippen LogP contribution in [0.4, 0.5) is 17.3 Å². The van der Waals surface area contributed by atoms with Gasteiger partial charge in [-0.3, -0.25) is 4.79 Å². The molecule has 0 saturated heterocycles. The first kappa shape index (κ1) is 15.5. The van der Waals surface area contributed by atoms with Gasteiger partial charge in [-0.05, 0) is 42.5 Å². The van der Waals surface area contributed by atoms with Gasteiger partial charge in [0, 0.05) is 30.1 Å². The molecular formula is C18H16N4O2. The van der Waals surface area contributed by atoms with Crippen LogP contribution < -0.4 is 10.6 Å². The Labute approximate surface area is 139 Å². The Hall–Kier alpha value is -3.41. The Bertz CT molecular complexity index is 863. The van der Waals surface area contributed by atoms with Gasteiger partial charge in [0.25, 0.3) is 0 Å². The van der Waals surface area contributed by atoms with Crippen LogP contribution in [0.2, 0.25) is 0 Å². The van der Waals surface area contributed by atoms with E-state index < -0.39 is 0 Å². The monoisotopic (exact) mass is 320 g/mol. The lowest BCUT2D eigenvalue weighted by atomic mass is 10.1. The maximum atomic E-state index is 11.2. The highest BCUT2D eigenvalue weighted by Gasteiger charge is 2.05. The molecule has 3 rings (SSSR count). The molecule has 1 heterocycles. The summed E-state index contributed by atoms with van der Waals surface area (Å²) < 4.78 is 0. The van der Waals surface area contributed by atoms with Crippen molar-refractivity contribution >= 4 is 23.2 Å². The quantitative estimate of drug-likeness (QED) is 0.640. The topological polar surface area (TPSA) is 87.1 Å². The second-order valence-corrected chi connectivity index (χ2v) is 5.20. The van der Waals surface area contributed by atoms with Crippen LogP contribution in [0.3, 0.4) is 0 Å². The van der Waals surface area contributed by atoms with E-state index in [4.69, 9.17) is 0 Å². The second-order valence-electron chi connectivity index (χ2n) is 5.20. The van der Waals surface area contributed by atoms with Crippen molar-refractivity contribution in [3.05, 3.63) is 60.8 Å². The van der Waals surface area contributed by atoms with Crippen molar-refractivity contribution < 1.29 is 9.90 Å². The summed E-state index contributed by atoms with van der Waals surface area (Å²) in [5, 5.41) is 15.2. The van der Waals surface area contributed by atoms with Crippen LogP contribution in [0, 0.1) is 0 Å². The van der Waals surface area contributed by atoms with Gasteiger partial charge < -0.3 is 15.7 Å². The largest absolute Gasteiger partial charge is 0.508 e. The number of nitrogens with zero attached hydrogens (tertiary/aromatic N) is 2. The number of benzene rings is 2. The van der Waals surface area contributed by atoms with Crippen LogP contribution in [-0.2, 0) is 4.79 Å². The Balaban J connectivity index is 1.85. The van der Waals surface area contributed by atoms with Crippen molar-refractivity contribution in [3.8, 4) is 17.0 Å². The maximum absolute atomic E-state index is 11.2. The van der Waals surface area contributed by atoms with E-state index in [1.165, 1.54) is 6.92 Å². The summed E-state index contributed by atoms with van der Waals surface area (Å²) >= 11 is 0. The van der Waals surface area contributed by atoms with Gasteiger partial charge in [0.05, 0.1) is 5.69 Å². The van der Waals surface area contributed by atoms with E-state index in [2.05, 4.69) is 20.6 Å². The minimum absolute atomic E-state index is 0.121. The zero-order valence-corrected chi connectivity index (χ0v) is 13.0. The molecule has 2 aromatic carbocycles. The lowest BCUT2D eigenvalue weighted by molar-refractivity contribution is -0.114. The van der Waals surface area contributed by atoms with Gasteiger partial charge in [-0.15, -0.1) is 0 Å². The number of anilines is 3. The van der Waals surface area contributed by atoms with Crippen LogP contribution in [0.15, 0.2) is 60.8 Å². The average Bonchev–Trinajstić information content (AvgIpc) is 2.57. The van der Waals surface area contributed by atoms with Gasteiger partial charge in [-0.1, -0.05) is 12.1 Å². The fraction of sp³-hybridized carbons (Fsp3) is 0.0556. The zero-order valence-electron chi connectivity index (χ0n) is 13.0. The molecule has 3 N–H and O–H groups in total. The van der Waals surface area contributed by atoms with Gasteiger partial charge >= 0.3 is 0 Å². The number of phenols is 1. The smallest absolute Gasteiger partial charge is 0.227 e. The molecule has 0 bridgehead atoms. The Morgan fingerprint density at radius 1 is 1.04 bits per heavy atom. The molecular weight excluding hydrogens is 304 g/mol. The number of carbonyl (C=O) groups is 1. The summed E-state index contributed by atoms with van der Waals surface area (Å²) in [5.74, 6) is 0.526. The van der Waals surface area contributed by atoms with Crippen LogP contribution in [0.1, 0.15) is 6.92 Å². The van der Waals surface area contributed by atoms with E-state index in [0.29, 0.717) is 11.6 Å². The second kappa shape index (κ2) is 6.78. The van der Waals surface area contributed by atoms with Gasteiger partial charge in [0.2, 0.25) is 11.9 Å². The number of nitrogens with one attached hydrogen (secondary N) is 2. The predicted octanol–water partition coefficient (Wildman–Crippen LogP) is 3.55. The van der Waals surface area contributed by atoms with Crippen molar-refractivity contribution in [1.82, 2.24) is 9.97 Å². The van der Waals surface area contributed by atoms with Gasteiger partial charge in [0.15, 0.2) is 0 Å². The maximum Gasteiger partial charge on any atom is 0.227 e. The van der Waals surface area contributed by atoms with E-state index in [-0.39, 0.29) is 11.7 Å². The van der Waals surface area contributed by atoms with Crippen molar-refractivity contribution in [2.24, 2.45) is 0 Å². The first-order chi connectivity index (χ1) is 11.6. The molecule has 3 aromatic rings. The SMILES string of the molecule is CC(=O)Nc1cccc(-c2ccnc(Nc3ccc(O)cc3)n2)c1. The molecule has 0 aliphatic rings. The fourth-order valence-corrected chi connectivity index (χ4v) is 2.21. The number of aromatic nitrogens is 2. The van der Waals surface area contributed by atoms with Gasteiger partial charge in [0.1, 0.15) is 5.75 Å². The molecule has 6 nitrogen and oxygen atoms in total. The van der Waals surface area contributed by atoms with E-state index in [0.717, 1.165) is 16.9 Å². The summed E-state index contributed by atoms with van der Waals surface area (Å²) in [5.41, 5.74) is 3.10. The van der Waals surface area contributed by atoms with Crippen molar-refractivity contribution in [2.75, 3.05) is 10.6 Å². The molecule has 0 spiro atoms. The third-order valence-corrected chi connectivity index (χ3v) is 3.26. The number of phenolic OH excluding ortho intramolecular Hbond substituents is 1. The highest BCUT2D eigenvalue weighted by atomic mass is 16.3. The molecule has 120 valence electrons. The number of amides is 1. The van der Waals surface area contributed by atoms with Crippen molar-refractivity contribution in [3.63, 3.8) is 0 Å². The fourth-order valence-electron chi connectivity index (χ4n) is 2.21. The van der Waals surface area contributed by atoms with Gasteiger partial charge in [-0.25, -0.2) is 9.97 Å². The summed E-state index contributed by atoms with van der Waals surface area (Å²) in [6.07, 6.45) is 1.66. The molecule has 0 saturated carbocycles. The van der Waals surface area contributed by atoms with Crippen LogP contribution in [-0.4, -0.2) is 21.0 Å². The highest BCUT2D eigenvalue weighted by Crippen LogP contribution is 2.23. The zero-order chi connectivity index (χ0) is 16.9. The first-order valence-electron chi connectivity index (χ1n) is 7.37. The standard InChI is InChI=1S/C18H16N4O2/c1-12(23)20-15-4-2-3-13(11-15)17-9-10-19-18(22-17)21-14-5-7-16(24)8-6-14/h2-11,24H,1H3,(H,20,23)(H,19,21,22). The lowest BCUT2D eigenvalue weighted by Crippen LogP contribution is -2.05. The van der Waals surface area contributed by atoms with Crippen LogP contribution in [0.5, 0.6) is 5.75 Å². The Morgan fingerprint density at radius 2 is 1.83 bits per heavy atom. The van der Waals surface area contributed by atoms with Crippen molar-refractivity contribution in [1.29, 1.82) is 0 Å². The lowest BCUT2D eigenvalue weighted by Gasteiger charge is -2.08. The third kappa shape index (κ3) is 3.86. The van der Waals surface area contributed by atoms with Crippen molar-refractivity contribution in [2.45, 2.75) is 6.92 Å². The molecule has 1 aromatic heterocycles. The summed E-state index contributed by atoms with van der Waals surface area (Å²) in [4.78, 5) is 19.9. The normalized spacial score (nSPS) is 10.2. The molecule has 0 radical (unpaired) electrons. The van der Waals surface area contributed by atoms with E-state index >= 15 is 0 Å². The summed E-state index contributed by atoms with van der Waals surface area (Å²) in [6, 6.07) is 15.9. The summed E-state index contributed by atoms with van der Waals surface area (Å²) in [7, 11) is 0. The molecule has 0 aliphatic carbocycles. The summed E-state index contributed by atoms with van der Waals surface area (Å²) in [6.45, 7) is 1.47.